The van der Waals surface area contributed by atoms with Crippen LogP contribution in [0, 0.1) is 13.8 Å². The molecule has 9 aromatic rings. The summed E-state index contributed by atoms with van der Waals surface area (Å²) in [5.41, 5.74) is 13.8. The number of imidazole rings is 2. The summed E-state index contributed by atoms with van der Waals surface area (Å²) in [6.45, 7) is 6.54. The molecule has 0 fully saturated rings. The summed E-state index contributed by atoms with van der Waals surface area (Å²) in [5.74, 6) is 2.06. The number of aryl methyl sites for hydroxylation is 8. The van der Waals surface area contributed by atoms with Crippen molar-refractivity contribution in [1.29, 1.82) is 0 Å². The SMILES string of the molecule is CCC1=CC=c2nc(CCc3nc4c5nccc(-[n+]6cc(C)c7nc(CCc8nc9c%10ncccc%10ccc9n8C)ccc7c6C)c5ccc4n3C)ccc2=CC1. The molecule has 0 saturated heterocycles. The summed E-state index contributed by atoms with van der Waals surface area (Å²) in [6.07, 6.45) is 17.9. The molecule has 1 aliphatic carbocycles. The molecule has 1 aliphatic rings. The van der Waals surface area contributed by atoms with Crippen LogP contribution in [0.1, 0.15) is 54.1 Å². The highest BCUT2D eigenvalue weighted by atomic mass is 15.1. The van der Waals surface area contributed by atoms with Crippen LogP contribution in [-0.2, 0) is 39.8 Å². The second-order valence-electron chi connectivity index (χ2n) is 15.3. The lowest BCUT2D eigenvalue weighted by molar-refractivity contribution is -0.599. The number of fused-ring (bicyclic) bond motifs is 8. The Morgan fingerprint density at radius 1 is 0.632 bits per heavy atom. The van der Waals surface area contributed by atoms with E-state index in [0.717, 1.165) is 139 Å². The number of nitrogens with zero attached hydrogens (tertiary/aromatic N) is 9. The van der Waals surface area contributed by atoms with Crippen molar-refractivity contribution in [1.82, 2.24) is 39.0 Å². The summed E-state index contributed by atoms with van der Waals surface area (Å²) in [4.78, 5) is 30.0. The van der Waals surface area contributed by atoms with Crippen molar-refractivity contribution in [2.24, 2.45) is 14.1 Å². The molecule has 57 heavy (non-hydrogen) atoms. The number of allylic oxidation sites excluding steroid dienone is 2. The minimum absolute atomic E-state index is 0.787. The van der Waals surface area contributed by atoms with Gasteiger partial charge in [-0.3, -0.25) is 19.9 Å². The first-order chi connectivity index (χ1) is 27.8. The first-order valence-corrected chi connectivity index (χ1v) is 19.9. The van der Waals surface area contributed by atoms with Crippen molar-refractivity contribution in [2.45, 2.75) is 59.3 Å². The first kappa shape index (κ1) is 34.8. The van der Waals surface area contributed by atoms with Crippen molar-refractivity contribution < 1.29 is 4.57 Å². The normalized spacial score (nSPS) is 13.0. The highest BCUT2D eigenvalue weighted by Crippen LogP contribution is 2.29. The zero-order valence-corrected chi connectivity index (χ0v) is 33.1. The van der Waals surface area contributed by atoms with Crippen LogP contribution < -0.4 is 15.1 Å². The maximum atomic E-state index is 5.21. The average molecular weight is 747 g/mol. The van der Waals surface area contributed by atoms with Gasteiger partial charge in [-0.25, -0.2) is 9.97 Å². The Labute approximate surface area is 330 Å². The van der Waals surface area contributed by atoms with E-state index in [1.165, 1.54) is 10.8 Å². The summed E-state index contributed by atoms with van der Waals surface area (Å²) < 4.78 is 6.68. The summed E-state index contributed by atoms with van der Waals surface area (Å²) in [5, 5.41) is 5.57. The van der Waals surface area contributed by atoms with Gasteiger partial charge in [0.05, 0.1) is 38.2 Å². The van der Waals surface area contributed by atoms with Crippen LogP contribution in [0.5, 0.6) is 0 Å². The molecule has 0 spiro atoms. The van der Waals surface area contributed by atoms with Crippen LogP contribution in [0.3, 0.4) is 0 Å². The fraction of sp³-hybridized carbons (Fsp3) is 0.229. The minimum atomic E-state index is 0.787. The van der Waals surface area contributed by atoms with Gasteiger partial charge in [-0.1, -0.05) is 42.8 Å². The van der Waals surface area contributed by atoms with Gasteiger partial charge in [0, 0.05) is 74.7 Å². The molecular formula is C48H44N9+. The molecule has 2 aromatic carbocycles. The molecule has 7 heterocycles. The second kappa shape index (κ2) is 13.8. The maximum Gasteiger partial charge on any atom is 0.221 e. The van der Waals surface area contributed by atoms with E-state index in [0.29, 0.717) is 0 Å². The third kappa shape index (κ3) is 5.96. The van der Waals surface area contributed by atoms with E-state index in [9.17, 15) is 0 Å². The summed E-state index contributed by atoms with van der Waals surface area (Å²) in [6, 6.07) is 23.6. The highest BCUT2D eigenvalue weighted by Gasteiger charge is 2.23. The Morgan fingerprint density at radius 3 is 2.12 bits per heavy atom. The molecule has 0 unspecified atom stereocenters. The fourth-order valence-electron chi connectivity index (χ4n) is 8.59. The van der Waals surface area contributed by atoms with Gasteiger partial charge in [0.2, 0.25) is 5.69 Å². The molecule has 0 aliphatic heterocycles. The molecular weight excluding hydrogens is 703 g/mol. The molecule has 0 bridgehead atoms. The Bertz CT molecular complexity index is 3260. The third-order valence-corrected chi connectivity index (χ3v) is 11.9. The molecule has 0 N–H and O–H groups in total. The van der Waals surface area contributed by atoms with Crippen LogP contribution >= 0.6 is 0 Å². The monoisotopic (exact) mass is 746 g/mol. The van der Waals surface area contributed by atoms with Crippen molar-refractivity contribution in [3.05, 3.63) is 142 Å². The van der Waals surface area contributed by atoms with Gasteiger partial charge in [0.25, 0.3) is 0 Å². The lowest BCUT2D eigenvalue weighted by Crippen LogP contribution is -2.35. The van der Waals surface area contributed by atoms with Crippen LogP contribution in [0.15, 0.2) is 97.0 Å². The van der Waals surface area contributed by atoms with E-state index in [1.54, 1.807) is 0 Å². The summed E-state index contributed by atoms with van der Waals surface area (Å²) in [7, 11) is 4.20. The van der Waals surface area contributed by atoms with Crippen LogP contribution in [0.4, 0.5) is 0 Å². The predicted octanol–water partition coefficient (Wildman–Crippen LogP) is 7.26. The van der Waals surface area contributed by atoms with Gasteiger partial charge in [-0.2, -0.15) is 4.57 Å². The topological polar surface area (TPSA) is 91.1 Å². The average Bonchev–Trinajstić information content (AvgIpc) is 3.66. The molecule has 9 nitrogen and oxygen atoms in total. The molecule has 280 valence electrons. The van der Waals surface area contributed by atoms with Crippen LogP contribution in [0.25, 0.3) is 72.6 Å². The zero-order chi connectivity index (χ0) is 38.8. The lowest BCUT2D eigenvalue weighted by Gasteiger charge is -2.10. The summed E-state index contributed by atoms with van der Waals surface area (Å²) >= 11 is 0. The van der Waals surface area contributed by atoms with E-state index in [-0.39, 0.29) is 0 Å². The van der Waals surface area contributed by atoms with E-state index in [2.05, 4.69) is 139 Å². The van der Waals surface area contributed by atoms with Gasteiger partial charge < -0.3 is 9.13 Å². The molecule has 0 atom stereocenters. The minimum Gasteiger partial charge on any atom is -0.331 e. The number of hydrogen-bond acceptors (Lipinski definition) is 6. The van der Waals surface area contributed by atoms with Gasteiger partial charge in [-0.05, 0) is 86.4 Å². The quantitative estimate of drug-likeness (QED) is 0.152. The first-order valence-electron chi connectivity index (χ1n) is 19.9. The van der Waals surface area contributed by atoms with E-state index in [1.807, 2.05) is 18.5 Å². The number of benzene rings is 2. The Balaban J connectivity index is 0.938. The molecule has 10 rings (SSSR count). The van der Waals surface area contributed by atoms with Crippen molar-refractivity contribution in [3.63, 3.8) is 0 Å². The molecule has 9 heteroatoms. The number of aromatic nitrogens is 9. The number of hydrogen-bond donors (Lipinski definition) is 0. The fourth-order valence-corrected chi connectivity index (χ4v) is 8.59. The third-order valence-electron chi connectivity index (χ3n) is 11.9. The van der Waals surface area contributed by atoms with Crippen molar-refractivity contribution in [3.8, 4) is 5.69 Å². The molecule has 7 aromatic heterocycles. The van der Waals surface area contributed by atoms with E-state index < -0.39 is 0 Å². The van der Waals surface area contributed by atoms with Crippen LogP contribution in [-0.4, -0.2) is 39.0 Å². The zero-order valence-electron chi connectivity index (χ0n) is 33.1. The molecule has 0 amide bonds. The van der Waals surface area contributed by atoms with Crippen molar-refractivity contribution in [2.75, 3.05) is 0 Å². The van der Waals surface area contributed by atoms with Gasteiger partial charge in [-0.15, -0.1) is 0 Å². The van der Waals surface area contributed by atoms with E-state index >= 15 is 0 Å². The number of rotatable bonds is 8. The van der Waals surface area contributed by atoms with Crippen molar-refractivity contribution >= 4 is 66.9 Å². The maximum absolute atomic E-state index is 5.21. The Morgan fingerprint density at radius 2 is 1.33 bits per heavy atom. The second-order valence-corrected chi connectivity index (χ2v) is 15.3. The highest BCUT2D eigenvalue weighted by molar-refractivity contribution is 6.04. The van der Waals surface area contributed by atoms with Gasteiger partial charge in [0.1, 0.15) is 28.2 Å². The number of pyridine rings is 5. The van der Waals surface area contributed by atoms with Gasteiger partial charge >= 0.3 is 0 Å². The molecule has 0 radical (unpaired) electrons. The van der Waals surface area contributed by atoms with Gasteiger partial charge in [0.15, 0.2) is 11.9 Å². The largest absolute Gasteiger partial charge is 0.331 e. The Kier molecular flexibility index (Phi) is 8.47. The molecule has 0 saturated carbocycles. The standard InChI is InChI=1S/C48H44N9/c1-6-31-9-11-32-12-14-34(51-38(32)20-10-31)16-23-43-54-48-41(56(43)5)22-19-37-39(25-27-50-46(37)48)57-28-29(2)44-36(30(57)3)18-15-35(52-44)17-24-42-53-47-40(55(42)4)21-13-33-8-7-26-49-45(33)47/h7-8,10-15,18-22,25-28H,6,9,16-17,23-24H2,1-5H3/q+1. The van der Waals surface area contributed by atoms with E-state index in [4.69, 9.17) is 24.9 Å². The van der Waals surface area contributed by atoms with Crippen LogP contribution in [0.2, 0.25) is 0 Å². The lowest BCUT2D eigenvalue weighted by atomic mass is 10.1. The smallest absolute Gasteiger partial charge is 0.221 e. The predicted molar refractivity (Wildman–Crippen MR) is 229 cm³/mol. The Hall–Kier alpha value is -6.61.